The van der Waals surface area contributed by atoms with E-state index in [0.29, 0.717) is 0 Å². The summed E-state index contributed by atoms with van der Waals surface area (Å²) >= 11 is 0. The molecule has 2 aliphatic heterocycles. The fraction of sp³-hybridized carbons (Fsp3) is 0.167. The van der Waals surface area contributed by atoms with Crippen molar-refractivity contribution in [3.05, 3.63) is 241 Å². The van der Waals surface area contributed by atoms with Crippen LogP contribution < -0.4 is 31.1 Å². The number of furan rings is 1. The Bertz CT molecular complexity index is 4040. The average molecular weight is 998 g/mol. The fourth-order valence-corrected chi connectivity index (χ4v) is 11.9. The molecule has 376 valence electrons. The van der Waals surface area contributed by atoms with E-state index in [1.807, 2.05) is 6.07 Å². The van der Waals surface area contributed by atoms with Gasteiger partial charge in [-0.1, -0.05) is 196 Å². The SMILES string of the molecule is CC(C)(C)c1ccc(N2c3ccc(C(C)(C)C)cc3B3c4ccc(N(c5ccccc5)c5ccccc5-c5ccccc5)cc4N(c4ccc(-c5ccc6c(c5)oc5ccccc56)cc4)c4cc(C(C)(C)C)cc2c43)cc1. The molecule has 3 heterocycles. The molecule has 0 N–H and O–H groups in total. The number of fused-ring (bicyclic) bond motifs is 7. The normalized spacial score (nSPS) is 13.2. The number of benzene rings is 10. The van der Waals surface area contributed by atoms with E-state index in [-0.39, 0.29) is 23.0 Å². The predicted octanol–water partition coefficient (Wildman–Crippen LogP) is 18.4. The van der Waals surface area contributed by atoms with Crippen molar-refractivity contribution in [2.75, 3.05) is 14.7 Å². The number of rotatable bonds is 7. The number of hydrogen-bond acceptors (Lipinski definition) is 4. The average Bonchev–Trinajstić information content (AvgIpc) is 4.01. The molecular formula is C72H64BN3O. The quantitative estimate of drug-likeness (QED) is 0.148. The topological polar surface area (TPSA) is 22.9 Å². The largest absolute Gasteiger partial charge is 0.456 e. The Hall–Kier alpha value is -8.54. The zero-order chi connectivity index (χ0) is 53.0. The summed E-state index contributed by atoms with van der Waals surface area (Å²) in [4.78, 5) is 7.58. The van der Waals surface area contributed by atoms with Crippen molar-refractivity contribution < 1.29 is 4.42 Å². The van der Waals surface area contributed by atoms with Gasteiger partial charge in [-0.25, -0.2) is 0 Å². The Morgan fingerprint density at radius 3 is 1.62 bits per heavy atom. The van der Waals surface area contributed by atoms with Gasteiger partial charge in [0, 0.05) is 61.8 Å². The van der Waals surface area contributed by atoms with Gasteiger partial charge in [0.2, 0.25) is 0 Å². The Kier molecular flexibility index (Phi) is 11.3. The highest BCUT2D eigenvalue weighted by Crippen LogP contribution is 2.49. The second-order valence-electron chi connectivity index (χ2n) is 24.3. The van der Waals surface area contributed by atoms with E-state index in [0.717, 1.165) is 67.2 Å². The van der Waals surface area contributed by atoms with Gasteiger partial charge in [0.25, 0.3) is 6.71 Å². The molecule has 5 heteroatoms. The zero-order valence-corrected chi connectivity index (χ0v) is 45.7. The maximum atomic E-state index is 6.41. The lowest BCUT2D eigenvalue weighted by Crippen LogP contribution is -2.61. The molecule has 0 aliphatic carbocycles. The number of anilines is 9. The molecule has 1 aromatic heterocycles. The first kappa shape index (κ1) is 48.1. The lowest BCUT2D eigenvalue weighted by molar-refractivity contribution is 0.589. The minimum Gasteiger partial charge on any atom is -0.456 e. The van der Waals surface area contributed by atoms with Crippen molar-refractivity contribution in [3.63, 3.8) is 0 Å². The minimum atomic E-state index is -0.169. The highest BCUT2D eigenvalue weighted by molar-refractivity contribution is 7.00. The standard InChI is InChI=1S/C72H64BN3O/c1-70(2,3)50-31-36-55(37-32-50)75-63-41-33-51(71(4,5)6)43-61(63)73-60-40-38-56(74(53-22-14-11-15-23-53)62-26-18-16-24-57(62)48-20-12-10-13-21-48)46-64(60)76(66-45-52(72(7,8)9)44-65(75)69(66)73)54-34-28-47(29-35-54)49-30-39-59-58-25-17-19-27-67(58)77-68(59)42-49/h10-46H,1-9H3. The molecule has 77 heavy (non-hydrogen) atoms. The van der Waals surface area contributed by atoms with Gasteiger partial charge in [-0.2, -0.15) is 0 Å². The Labute approximate surface area is 455 Å². The van der Waals surface area contributed by atoms with E-state index in [2.05, 4.69) is 295 Å². The van der Waals surface area contributed by atoms with Gasteiger partial charge in [-0.05, 0) is 157 Å². The van der Waals surface area contributed by atoms with Crippen molar-refractivity contribution in [1.29, 1.82) is 0 Å². The molecule has 4 nitrogen and oxygen atoms in total. The number of nitrogens with zero attached hydrogens (tertiary/aromatic N) is 3. The van der Waals surface area contributed by atoms with Crippen LogP contribution in [0.2, 0.25) is 0 Å². The first-order valence-corrected chi connectivity index (χ1v) is 27.3. The molecule has 0 fully saturated rings. The third-order valence-electron chi connectivity index (χ3n) is 16.1. The number of hydrogen-bond donors (Lipinski definition) is 0. The molecule has 0 spiro atoms. The molecule has 0 saturated carbocycles. The van der Waals surface area contributed by atoms with E-state index in [1.165, 1.54) is 61.3 Å². The third-order valence-corrected chi connectivity index (χ3v) is 16.1. The van der Waals surface area contributed by atoms with Gasteiger partial charge < -0.3 is 19.1 Å². The van der Waals surface area contributed by atoms with Crippen molar-refractivity contribution in [1.82, 2.24) is 0 Å². The first-order valence-electron chi connectivity index (χ1n) is 27.3. The van der Waals surface area contributed by atoms with Crippen LogP contribution in [0.3, 0.4) is 0 Å². The van der Waals surface area contributed by atoms with Crippen LogP contribution in [0.25, 0.3) is 44.2 Å². The Morgan fingerprint density at radius 2 is 0.935 bits per heavy atom. The molecule has 0 saturated heterocycles. The number of para-hydroxylation sites is 3. The van der Waals surface area contributed by atoms with E-state index in [1.54, 1.807) is 0 Å². The maximum Gasteiger partial charge on any atom is 0.252 e. The molecule has 13 rings (SSSR count). The summed E-state index contributed by atoms with van der Waals surface area (Å²) in [5.74, 6) is 0. The van der Waals surface area contributed by atoms with Crippen LogP contribution in [0, 0.1) is 0 Å². The molecular weight excluding hydrogens is 934 g/mol. The molecule has 0 amide bonds. The lowest BCUT2D eigenvalue weighted by Gasteiger charge is -2.45. The molecule has 10 aromatic carbocycles. The van der Waals surface area contributed by atoms with Gasteiger partial charge in [0.1, 0.15) is 11.2 Å². The highest BCUT2D eigenvalue weighted by atomic mass is 16.3. The smallest absolute Gasteiger partial charge is 0.252 e. The van der Waals surface area contributed by atoms with Crippen LogP contribution in [-0.4, -0.2) is 6.71 Å². The van der Waals surface area contributed by atoms with Crippen molar-refractivity contribution >= 4 is 96.2 Å². The zero-order valence-electron chi connectivity index (χ0n) is 45.7. The van der Waals surface area contributed by atoms with Gasteiger partial charge in [-0.3, -0.25) is 0 Å². The van der Waals surface area contributed by atoms with E-state index >= 15 is 0 Å². The van der Waals surface area contributed by atoms with Gasteiger partial charge in [0.15, 0.2) is 0 Å². The molecule has 2 aliphatic rings. The maximum absolute atomic E-state index is 6.41. The van der Waals surface area contributed by atoms with Crippen molar-refractivity contribution in [2.45, 2.75) is 78.6 Å². The van der Waals surface area contributed by atoms with Crippen LogP contribution >= 0.6 is 0 Å². The van der Waals surface area contributed by atoms with Crippen molar-refractivity contribution in [2.24, 2.45) is 0 Å². The highest BCUT2D eigenvalue weighted by Gasteiger charge is 2.45. The van der Waals surface area contributed by atoms with E-state index in [9.17, 15) is 0 Å². The van der Waals surface area contributed by atoms with E-state index in [4.69, 9.17) is 4.42 Å². The summed E-state index contributed by atoms with van der Waals surface area (Å²) < 4.78 is 6.41. The second-order valence-corrected chi connectivity index (χ2v) is 24.3. The predicted molar refractivity (Wildman–Crippen MR) is 329 cm³/mol. The van der Waals surface area contributed by atoms with Crippen LogP contribution in [0.1, 0.15) is 79.0 Å². The molecule has 0 atom stereocenters. The van der Waals surface area contributed by atoms with Crippen LogP contribution in [0.5, 0.6) is 0 Å². The monoisotopic (exact) mass is 998 g/mol. The molecule has 0 bridgehead atoms. The Balaban J connectivity index is 1.08. The van der Waals surface area contributed by atoms with Gasteiger partial charge in [0.05, 0.1) is 5.69 Å². The minimum absolute atomic E-state index is 0.0227. The second kappa shape index (κ2) is 18.1. The molecule has 0 unspecified atom stereocenters. The lowest BCUT2D eigenvalue weighted by atomic mass is 9.33. The van der Waals surface area contributed by atoms with Gasteiger partial charge in [-0.15, -0.1) is 0 Å². The summed E-state index contributed by atoms with van der Waals surface area (Å²) in [5.41, 5.74) is 24.3. The van der Waals surface area contributed by atoms with Crippen LogP contribution in [-0.2, 0) is 16.2 Å². The van der Waals surface area contributed by atoms with Crippen LogP contribution in [0.15, 0.2) is 229 Å². The third kappa shape index (κ3) is 8.32. The molecule has 11 aromatic rings. The van der Waals surface area contributed by atoms with Crippen LogP contribution in [0.4, 0.5) is 51.2 Å². The summed E-state index contributed by atoms with van der Waals surface area (Å²) in [6.07, 6.45) is 0. The Morgan fingerprint density at radius 1 is 0.364 bits per heavy atom. The summed E-state index contributed by atoms with van der Waals surface area (Å²) in [5, 5.41) is 2.27. The van der Waals surface area contributed by atoms with E-state index < -0.39 is 0 Å². The summed E-state index contributed by atoms with van der Waals surface area (Å²) in [6.45, 7) is 20.9. The first-order chi connectivity index (χ1) is 37.1. The van der Waals surface area contributed by atoms with Gasteiger partial charge >= 0.3 is 0 Å². The summed E-state index contributed by atoms with van der Waals surface area (Å²) in [7, 11) is 0. The molecule has 0 radical (unpaired) electrons. The summed E-state index contributed by atoms with van der Waals surface area (Å²) in [6, 6.07) is 83.5. The van der Waals surface area contributed by atoms with Crippen molar-refractivity contribution in [3.8, 4) is 22.3 Å². The fourth-order valence-electron chi connectivity index (χ4n) is 11.9.